The third-order valence-corrected chi connectivity index (χ3v) is 23.4. The average molecular weight is 1620 g/mol. The molecule has 0 saturated carbocycles. The number of aliphatic hydroxyl groups is 3. The zero-order chi connectivity index (χ0) is 84.5. The summed E-state index contributed by atoms with van der Waals surface area (Å²) in [7, 11) is 7.66. The number of ether oxygens (including phenoxy) is 8. The highest BCUT2D eigenvalue weighted by Gasteiger charge is 2.62. The van der Waals surface area contributed by atoms with Gasteiger partial charge in [0.2, 0.25) is 0 Å². The molecule has 0 radical (unpaired) electrons. The maximum atomic E-state index is 14.7. The van der Waals surface area contributed by atoms with Gasteiger partial charge in [-0.3, -0.25) is 53.2 Å². The van der Waals surface area contributed by atoms with Gasteiger partial charge in [-0.1, -0.05) is 48.5 Å². The van der Waals surface area contributed by atoms with Crippen molar-refractivity contribution in [3.05, 3.63) is 85.9 Å². The van der Waals surface area contributed by atoms with Crippen molar-refractivity contribution in [3.63, 3.8) is 0 Å². The van der Waals surface area contributed by atoms with Crippen molar-refractivity contribution >= 4 is 80.9 Å². The van der Waals surface area contributed by atoms with Crippen LogP contribution in [0.15, 0.2) is 85.9 Å². The van der Waals surface area contributed by atoms with Gasteiger partial charge in [-0.15, -0.1) is 0 Å². The van der Waals surface area contributed by atoms with Crippen molar-refractivity contribution in [2.24, 2.45) is 47.3 Å². The van der Waals surface area contributed by atoms with E-state index in [1.54, 1.807) is 110 Å². The molecule has 5 aliphatic rings. The summed E-state index contributed by atoms with van der Waals surface area (Å²) >= 11 is 8.98. The van der Waals surface area contributed by atoms with E-state index in [2.05, 4.69) is 43.1 Å². The monoisotopic (exact) mass is 1620 g/mol. The molecule has 113 heavy (non-hydrogen) atoms. The second-order valence-corrected chi connectivity index (χ2v) is 31.9. The molecule has 0 aliphatic carbocycles. The van der Waals surface area contributed by atoms with E-state index in [0.29, 0.717) is 58.3 Å². The van der Waals surface area contributed by atoms with Crippen molar-refractivity contribution in [1.82, 2.24) is 43.8 Å². The topological polar surface area (TPSA) is 376 Å². The number of Topliss-reactive ketones (excluding diaryl/α,β-unsaturated/α-hetero) is 4. The van der Waals surface area contributed by atoms with Crippen molar-refractivity contribution < 1.29 is 101 Å². The third-order valence-electron chi connectivity index (χ3n) is 22.9. The van der Waals surface area contributed by atoms with Crippen LogP contribution < -0.4 is 0 Å². The Balaban J connectivity index is 0.000000327. The van der Waals surface area contributed by atoms with Gasteiger partial charge in [0.1, 0.15) is 41.4 Å². The Morgan fingerprint density at radius 3 is 1.56 bits per heavy atom. The van der Waals surface area contributed by atoms with Crippen LogP contribution in [0.3, 0.4) is 0 Å². The quantitative estimate of drug-likeness (QED) is 0.0196. The number of esters is 2. The minimum atomic E-state index is -1.50. The molecule has 0 spiro atoms. The van der Waals surface area contributed by atoms with Crippen LogP contribution in [0.1, 0.15) is 155 Å². The molecule has 5 aliphatic heterocycles. The molecule has 0 aromatic carbocycles. The van der Waals surface area contributed by atoms with Gasteiger partial charge in [-0.25, -0.2) is 19.6 Å². The molecule has 4 aromatic rings. The number of aryl methyl sites for hydroxylation is 2. The van der Waals surface area contributed by atoms with E-state index in [-0.39, 0.29) is 48.7 Å². The fraction of sp³-hybridized carbons (Fsp3) is 0.654. The number of nitrogens with zero attached hydrogens (tertiary/aromatic N) is 9. The number of allylic oxidation sites excluding steroid dienone is 1. The number of ketones is 4. The number of carbonyl (C=O) groups is 10. The number of rotatable bonds is 19. The first-order chi connectivity index (χ1) is 53.2. The molecule has 32 heteroatoms. The van der Waals surface area contributed by atoms with E-state index in [4.69, 9.17) is 43.0 Å². The summed E-state index contributed by atoms with van der Waals surface area (Å²) in [6.45, 7) is 27.3. The van der Waals surface area contributed by atoms with Crippen molar-refractivity contribution in [2.45, 2.75) is 246 Å². The summed E-state index contributed by atoms with van der Waals surface area (Å²) in [5, 5.41) is 27.4. The molecule has 9 rings (SSSR count). The van der Waals surface area contributed by atoms with Crippen LogP contribution in [0.5, 0.6) is 0 Å². The van der Waals surface area contributed by atoms with E-state index >= 15 is 0 Å². The fourth-order valence-electron chi connectivity index (χ4n) is 16.5. The van der Waals surface area contributed by atoms with Gasteiger partial charge in [0.25, 0.3) is 0 Å². The SMILES string of the molecule is C/C=C1\OC(=O)[C@H](C)C(=O)[C@H](C)[C@@H](O)[C@@](C)(OC)C[C@@H](C)C(=O)[C@H](C)[C@H]2N(CCCCn3cnc(-c4cccnc4)c3)C(=O)O[C@]12C.CC[C@H]1OC(=O)[C@H](C)C(=O)[C@H](C)[C@@H](OC2OC(C)CC(N(C)C)C2O)[C@@](C)(OC)C[C@@H](C)C(=O)[C@H](C)[C@H]2N(CCCCn3cnc(-c4cccnc4)c3)C(=O)O[C@]12C.CO.O=C(Cl)C(=O)Cl. The second-order valence-electron chi connectivity index (χ2n) is 31.2. The molecular formula is C81H117Cl2N9O21. The van der Waals surface area contributed by atoms with Crippen LogP contribution in [0.25, 0.3) is 22.5 Å². The predicted octanol–water partition coefficient (Wildman–Crippen LogP) is 9.66. The molecule has 4 unspecified atom stereocenters. The summed E-state index contributed by atoms with van der Waals surface area (Å²) in [6.07, 6.45) is 12.7. The van der Waals surface area contributed by atoms with Gasteiger partial charge in [0.15, 0.2) is 29.1 Å². The van der Waals surface area contributed by atoms with Crippen LogP contribution in [-0.2, 0) is 89.3 Å². The number of methoxy groups -OCH3 is 2. The second kappa shape index (κ2) is 41.2. The molecule has 0 bridgehead atoms. The lowest BCUT2D eigenvalue weighted by Crippen LogP contribution is -2.60. The predicted molar refractivity (Wildman–Crippen MR) is 417 cm³/mol. The van der Waals surface area contributed by atoms with E-state index in [9.17, 15) is 58.2 Å². The van der Waals surface area contributed by atoms with Gasteiger partial charge in [-0.05, 0) is 174 Å². The zero-order valence-corrected chi connectivity index (χ0v) is 70.3. The number of halogens is 2. The van der Waals surface area contributed by atoms with Crippen LogP contribution in [0, 0.1) is 47.3 Å². The molecule has 5 saturated heterocycles. The smallest absolute Gasteiger partial charge is 0.411 e. The fourth-order valence-corrected chi connectivity index (χ4v) is 16.5. The highest BCUT2D eigenvalue weighted by molar-refractivity contribution is 6.97. The van der Waals surface area contributed by atoms with Crippen LogP contribution in [0.4, 0.5) is 9.59 Å². The molecule has 21 atom stereocenters. The number of pyridine rings is 2. The third kappa shape index (κ3) is 22.1. The molecule has 30 nitrogen and oxygen atoms in total. The molecule has 3 N–H and O–H groups in total. The van der Waals surface area contributed by atoms with E-state index in [0.717, 1.165) is 29.6 Å². The molecule has 4 aromatic heterocycles. The first-order valence-corrected chi connectivity index (χ1v) is 39.3. The number of aromatic nitrogens is 6. The standard InChI is InChI=1S/C43H65N5O10.C35H48N4O8.C2Cl2O2.CH4O/c1-12-33-43(8)37(48(41(53)58-43)19-14-13-18-47-23-31(45-24-47)30-16-15-17-44-22-30)27(4)34(49)25(2)21-42(7,54-11)38(28(5)35(50)29(6)39(52)56-33)57-40-36(51)32(46(9)10)20-26(3)55-40;1-9-27-35(7)30(39(33(44)47-35)16-11-10-15-38-19-26(37-20-38)25-13-12-14-36-18-25)22(3)28(40)21(2)17-34(6,45-8)31(42)23(4)29(41)24(5)32(43)46-27;3-1(5)2(4)6;1-2/h15-17,22-29,32-33,36-38,40,51H,12-14,18-21H2,1-11H3;9,12-14,18-24,30-31,42H,10-11,15-17H2,1-8H3;;2H,1H3/b;27-9-;;/t25-,26?,27+,28+,29-,32?,33-,36?,37-,38-,40?,42+,43-;21-,22+,23+,24-,30-,31-,34+,35-;;/m11../s1. The highest BCUT2D eigenvalue weighted by atomic mass is 35.5. The molecule has 2 amide bonds. The Labute approximate surface area is 672 Å². The van der Waals surface area contributed by atoms with E-state index in [1.165, 1.54) is 41.1 Å². The number of likely N-dealkylation sites (N-methyl/N-ethyl adjacent to an activating group) is 1. The van der Waals surface area contributed by atoms with E-state index < -0.39 is 159 Å². The first-order valence-electron chi connectivity index (χ1n) is 38.5. The number of cyclic esters (lactones) is 2. The largest absolute Gasteiger partial charge is 0.458 e. The molecule has 5 fully saturated rings. The Morgan fingerprint density at radius 2 is 1.10 bits per heavy atom. The molecule has 626 valence electrons. The number of aliphatic hydroxyl groups excluding tert-OH is 3. The number of unbranched alkanes of at least 4 members (excludes halogenated alkanes) is 2. The average Bonchev–Trinajstić information content (AvgIpc) is 1.61. The molecule has 9 heterocycles. The van der Waals surface area contributed by atoms with Gasteiger partial charge in [0, 0.05) is 137 Å². The summed E-state index contributed by atoms with van der Waals surface area (Å²) in [5.41, 5.74) is -1.97. The lowest BCUT2D eigenvalue weighted by Gasteiger charge is -2.47. The van der Waals surface area contributed by atoms with Crippen molar-refractivity contribution in [3.8, 4) is 22.5 Å². The van der Waals surface area contributed by atoms with Crippen LogP contribution in [0.2, 0.25) is 0 Å². The lowest BCUT2D eigenvalue weighted by atomic mass is 9.73. The summed E-state index contributed by atoms with van der Waals surface area (Å²) in [6, 6.07) is 5.72. The van der Waals surface area contributed by atoms with Crippen molar-refractivity contribution in [2.75, 3.05) is 48.5 Å². The summed E-state index contributed by atoms with van der Waals surface area (Å²) in [5.74, 6) is -10.00. The maximum absolute atomic E-state index is 14.7. The Morgan fingerprint density at radius 1 is 0.637 bits per heavy atom. The van der Waals surface area contributed by atoms with Crippen LogP contribution >= 0.6 is 23.2 Å². The maximum Gasteiger partial charge on any atom is 0.411 e. The lowest BCUT2D eigenvalue weighted by molar-refractivity contribution is -0.295. The summed E-state index contributed by atoms with van der Waals surface area (Å²) in [4.78, 5) is 152. The number of hydrogen-bond donors (Lipinski definition) is 3. The number of amides is 2. The van der Waals surface area contributed by atoms with Gasteiger partial charge in [0.05, 0.1) is 65.6 Å². The number of fused-ring (bicyclic) bond motifs is 2. The minimum Gasteiger partial charge on any atom is -0.458 e. The number of carbonyl (C=O) groups excluding carboxylic acids is 10. The first kappa shape index (κ1) is 94.1. The van der Waals surface area contributed by atoms with Gasteiger partial charge < -0.3 is 72.1 Å². The molecular weight excluding hydrogens is 1510 g/mol. The zero-order valence-electron chi connectivity index (χ0n) is 68.8. The normalized spacial score (nSPS) is 33.2. The van der Waals surface area contributed by atoms with Gasteiger partial charge >= 0.3 is 34.6 Å². The number of imidazole rings is 2. The summed E-state index contributed by atoms with van der Waals surface area (Å²) < 4.78 is 52.7. The Kier molecular flexibility index (Phi) is 34.3. The Hall–Kier alpha value is -7.78. The van der Waals surface area contributed by atoms with Gasteiger partial charge in [-0.2, -0.15) is 0 Å². The Bertz CT molecular complexity index is 3930. The van der Waals surface area contributed by atoms with E-state index in [1.807, 2.05) is 85.6 Å². The number of hydrogen-bond acceptors (Lipinski definition) is 26. The van der Waals surface area contributed by atoms with Crippen molar-refractivity contribution in [1.29, 1.82) is 0 Å². The minimum absolute atomic E-state index is 0.0450. The highest BCUT2D eigenvalue weighted by Crippen LogP contribution is 2.46. The van der Waals surface area contributed by atoms with Crippen LogP contribution in [-0.4, -0.2) is 243 Å².